The second kappa shape index (κ2) is 7.34. The normalized spacial score (nSPS) is 14.1. The smallest absolute Gasteiger partial charge is 0.326 e. The minimum absolute atomic E-state index is 0.0206. The van der Waals surface area contributed by atoms with Crippen LogP contribution in [0, 0.1) is 0 Å². The Labute approximate surface area is 161 Å². The van der Waals surface area contributed by atoms with E-state index in [1.807, 2.05) is 0 Å². The third kappa shape index (κ3) is 4.68. The molecule has 0 aliphatic heterocycles. The first-order chi connectivity index (χ1) is 12.6. The zero-order chi connectivity index (χ0) is 19.8. The van der Waals surface area contributed by atoms with Gasteiger partial charge in [-0.2, -0.15) is 18.3 Å². The zero-order valence-electron chi connectivity index (χ0n) is 14.2. The largest absolute Gasteiger partial charge is 0.436 e. The van der Waals surface area contributed by atoms with Crippen LogP contribution in [-0.2, 0) is 22.3 Å². The van der Waals surface area contributed by atoms with Crippen LogP contribution >= 0.6 is 15.9 Å². The number of aromatic nitrogens is 2. The topological polar surface area (TPSA) is 76.0 Å². The molecule has 2 N–H and O–H groups in total. The minimum Gasteiger partial charge on any atom is -0.326 e. The van der Waals surface area contributed by atoms with Gasteiger partial charge >= 0.3 is 6.18 Å². The van der Waals surface area contributed by atoms with E-state index in [0.29, 0.717) is 17.1 Å². The number of hydrogen-bond donors (Lipinski definition) is 2. The molecule has 0 unspecified atom stereocenters. The van der Waals surface area contributed by atoms with Crippen LogP contribution in [0.3, 0.4) is 0 Å². The maximum Gasteiger partial charge on any atom is 0.436 e. The molecule has 0 atom stereocenters. The Hall–Kier alpha value is -2.36. The van der Waals surface area contributed by atoms with Crippen LogP contribution in [0.2, 0.25) is 0 Å². The Morgan fingerprint density at radius 1 is 1.19 bits per heavy atom. The SMILES string of the molecule is CC(=O)Nc1ccc(NC(=O)Cn2nc(C(F)(F)F)c(Br)c2C2CC2)cc1. The van der Waals surface area contributed by atoms with E-state index in [2.05, 4.69) is 31.7 Å². The minimum atomic E-state index is -4.59. The van der Waals surface area contributed by atoms with Crippen LogP contribution in [0.5, 0.6) is 0 Å². The van der Waals surface area contributed by atoms with Gasteiger partial charge in [-0.3, -0.25) is 14.3 Å². The fraction of sp³-hybridized carbons (Fsp3) is 0.353. The average molecular weight is 445 g/mol. The lowest BCUT2D eigenvalue weighted by Crippen LogP contribution is -2.21. The van der Waals surface area contributed by atoms with Crippen molar-refractivity contribution in [2.45, 2.75) is 38.4 Å². The standard InChI is InChI=1S/C17H16BrF3N4O2/c1-9(26)22-11-4-6-12(7-5-11)23-13(27)8-25-15(10-2-3-10)14(18)16(24-25)17(19,20)21/h4-7,10H,2-3,8H2,1H3,(H,22,26)(H,23,27). The first kappa shape index (κ1) is 19.4. The lowest BCUT2D eigenvalue weighted by molar-refractivity contribution is -0.142. The zero-order valence-corrected chi connectivity index (χ0v) is 15.8. The molecule has 1 aromatic heterocycles. The number of nitrogens with one attached hydrogen (secondary N) is 2. The van der Waals surface area contributed by atoms with Gasteiger partial charge in [-0.15, -0.1) is 0 Å². The molecule has 3 rings (SSSR count). The molecule has 1 aliphatic rings. The molecule has 2 amide bonds. The summed E-state index contributed by atoms with van der Waals surface area (Å²) < 4.78 is 40.3. The van der Waals surface area contributed by atoms with Crippen molar-refractivity contribution < 1.29 is 22.8 Å². The highest BCUT2D eigenvalue weighted by Gasteiger charge is 2.41. The van der Waals surface area contributed by atoms with Gasteiger partial charge in [-0.1, -0.05) is 0 Å². The Morgan fingerprint density at radius 3 is 2.22 bits per heavy atom. The Morgan fingerprint density at radius 2 is 1.74 bits per heavy atom. The number of nitrogens with zero attached hydrogens (tertiary/aromatic N) is 2. The van der Waals surface area contributed by atoms with Crippen molar-refractivity contribution in [2.75, 3.05) is 10.6 Å². The average Bonchev–Trinajstić information content (AvgIpc) is 3.32. The second-order valence-corrected chi connectivity index (χ2v) is 7.08. The predicted octanol–water partition coefficient (Wildman–Crippen LogP) is 4.14. The van der Waals surface area contributed by atoms with Crippen molar-refractivity contribution in [3.63, 3.8) is 0 Å². The molecule has 144 valence electrons. The van der Waals surface area contributed by atoms with Crippen LogP contribution in [0.4, 0.5) is 24.5 Å². The number of carbonyl (C=O) groups is 2. The van der Waals surface area contributed by atoms with E-state index >= 15 is 0 Å². The molecule has 0 radical (unpaired) electrons. The maximum atomic E-state index is 13.1. The molecule has 6 nitrogen and oxygen atoms in total. The summed E-state index contributed by atoms with van der Waals surface area (Å²) in [5.74, 6) is -0.732. The van der Waals surface area contributed by atoms with Crippen LogP contribution in [0.15, 0.2) is 28.7 Å². The summed E-state index contributed by atoms with van der Waals surface area (Å²) in [7, 11) is 0. The number of hydrogen-bond acceptors (Lipinski definition) is 3. The number of alkyl halides is 3. The van der Waals surface area contributed by atoms with E-state index in [9.17, 15) is 22.8 Å². The van der Waals surface area contributed by atoms with Crippen molar-refractivity contribution in [1.29, 1.82) is 0 Å². The molecule has 27 heavy (non-hydrogen) atoms. The van der Waals surface area contributed by atoms with Gasteiger partial charge in [0, 0.05) is 24.2 Å². The van der Waals surface area contributed by atoms with Gasteiger partial charge in [0.2, 0.25) is 11.8 Å². The predicted molar refractivity (Wildman–Crippen MR) is 96.3 cm³/mol. The van der Waals surface area contributed by atoms with Crippen molar-refractivity contribution in [1.82, 2.24) is 9.78 Å². The van der Waals surface area contributed by atoms with Crippen LogP contribution in [0.1, 0.15) is 37.1 Å². The molecular formula is C17H16BrF3N4O2. The van der Waals surface area contributed by atoms with E-state index in [1.165, 1.54) is 6.92 Å². The molecule has 1 heterocycles. The number of carbonyl (C=O) groups excluding carboxylic acids is 2. The maximum absolute atomic E-state index is 13.1. The number of anilines is 2. The van der Waals surface area contributed by atoms with Gasteiger partial charge in [-0.05, 0) is 53.0 Å². The first-order valence-electron chi connectivity index (χ1n) is 8.16. The third-order valence-electron chi connectivity index (χ3n) is 3.95. The lowest BCUT2D eigenvalue weighted by Gasteiger charge is -2.09. The summed E-state index contributed by atoms with van der Waals surface area (Å²) in [6, 6.07) is 6.40. The highest BCUT2D eigenvalue weighted by Crippen LogP contribution is 2.46. The monoisotopic (exact) mass is 444 g/mol. The van der Waals surface area contributed by atoms with Crippen LogP contribution < -0.4 is 10.6 Å². The van der Waals surface area contributed by atoms with Gasteiger partial charge in [0.1, 0.15) is 6.54 Å². The molecule has 1 aromatic carbocycles. The van der Waals surface area contributed by atoms with E-state index in [0.717, 1.165) is 17.5 Å². The van der Waals surface area contributed by atoms with Gasteiger partial charge in [0.25, 0.3) is 0 Å². The van der Waals surface area contributed by atoms with Gasteiger partial charge in [-0.25, -0.2) is 0 Å². The van der Waals surface area contributed by atoms with E-state index in [-0.39, 0.29) is 22.8 Å². The molecule has 0 spiro atoms. The number of halogens is 4. The molecule has 10 heteroatoms. The van der Waals surface area contributed by atoms with E-state index < -0.39 is 17.8 Å². The van der Waals surface area contributed by atoms with Crippen LogP contribution in [-0.4, -0.2) is 21.6 Å². The lowest BCUT2D eigenvalue weighted by atomic mass is 10.2. The number of rotatable bonds is 5. The third-order valence-corrected chi connectivity index (χ3v) is 4.73. The van der Waals surface area contributed by atoms with Gasteiger partial charge in [0.05, 0.1) is 10.2 Å². The number of benzene rings is 1. The van der Waals surface area contributed by atoms with E-state index in [4.69, 9.17) is 0 Å². The van der Waals surface area contributed by atoms with Crippen molar-refractivity contribution in [2.24, 2.45) is 0 Å². The van der Waals surface area contributed by atoms with E-state index in [1.54, 1.807) is 24.3 Å². The summed E-state index contributed by atoms with van der Waals surface area (Å²) in [4.78, 5) is 23.3. The fourth-order valence-corrected chi connectivity index (χ4v) is 3.51. The Kier molecular flexibility index (Phi) is 5.27. The molecule has 1 saturated carbocycles. The van der Waals surface area contributed by atoms with Crippen LogP contribution in [0.25, 0.3) is 0 Å². The van der Waals surface area contributed by atoms with Crippen molar-refractivity contribution in [3.8, 4) is 0 Å². The molecular weight excluding hydrogens is 429 g/mol. The highest BCUT2D eigenvalue weighted by atomic mass is 79.9. The Balaban J connectivity index is 1.73. The van der Waals surface area contributed by atoms with Gasteiger partial charge < -0.3 is 10.6 Å². The quantitative estimate of drug-likeness (QED) is 0.727. The fourth-order valence-electron chi connectivity index (χ4n) is 2.68. The molecule has 2 aromatic rings. The Bertz CT molecular complexity index is 874. The summed E-state index contributed by atoms with van der Waals surface area (Å²) in [5.41, 5.74) is 0.419. The first-order valence-corrected chi connectivity index (χ1v) is 8.95. The molecule has 1 aliphatic carbocycles. The van der Waals surface area contributed by atoms with Crippen molar-refractivity contribution in [3.05, 3.63) is 40.1 Å². The molecule has 0 bridgehead atoms. The molecule has 1 fully saturated rings. The summed E-state index contributed by atoms with van der Waals surface area (Å²) >= 11 is 2.99. The number of amides is 2. The van der Waals surface area contributed by atoms with Crippen molar-refractivity contribution >= 4 is 39.1 Å². The van der Waals surface area contributed by atoms with Gasteiger partial charge in [0.15, 0.2) is 5.69 Å². The highest BCUT2D eigenvalue weighted by molar-refractivity contribution is 9.10. The summed E-state index contributed by atoms with van der Waals surface area (Å²) in [6.07, 6.45) is -3.05. The molecule has 0 saturated heterocycles. The summed E-state index contributed by atoms with van der Waals surface area (Å²) in [6.45, 7) is 1.05. The second-order valence-electron chi connectivity index (χ2n) is 6.28. The summed E-state index contributed by atoms with van der Waals surface area (Å²) in [5, 5.41) is 8.82.